The third kappa shape index (κ3) is 3.34. The van der Waals surface area contributed by atoms with E-state index >= 15 is 0 Å². The monoisotopic (exact) mass is 268 g/mol. The molecule has 2 rings (SSSR count). The highest BCUT2D eigenvalue weighted by Crippen LogP contribution is 2.26. The maximum absolute atomic E-state index is 9.01. The van der Waals surface area contributed by atoms with Crippen LogP contribution in [0.5, 0.6) is 0 Å². The molecule has 5 heteroatoms. The summed E-state index contributed by atoms with van der Waals surface area (Å²) in [4.78, 5) is 4.53. The van der Waals surface area contributed by atoms with Crippen molar-refractivity contribution in [3.63, 3.8) is 0 Å². The van der Waals surface area contributed by atoms with Crippen molar-refractivity contribution in [1.29, 1.82) is 0 Å². The highest BCUT2D eigenvalue weighted by molar-refractivity contribution is 7.98. The van der Waals surface area contributed by atoms with Gasteiger partial charge in [-0.15, -0.1) is 0 Å². The normalized spacial score (nSPS) is 12.8. The highest BCUT2D eigenvalue weighted by atomic mass is 32.2. The first-order valence-corrected chi connectivity index (χ1v) is 7.76. The number of nitrogens with zero attached hydrogens (tertiary/aromatic N) is 1. The SMILES string of the molecule is CSC[C@@H](CCO)Nc1nc2ccccc2s1. The largest absolute Gasteiger partial charge is 0.396 e. The van der Waals surface area contributed by atoms with Gasteiger partial charge in [-0.2, -0.15) is 11.8 Å². The summed E-state index contributed by atoms with van der Waals surface area (Å²) in [5, 5.41) is 13.4. The summed E-state index contributed by atoms with van der Waals surface area (Å²) in [6.45, 7) is 0.211. The van der Waals surface area contributed by atoms with Crippen LogP contribution in [0.25, 0.3) is 10.2 Å². The lowest BCUT2D eigenvalue weighted by atomic mass is 10.2. The number of aliphatic hydroxyl groups excluding tert-OH is 1. The third-order valence-corrected chi connectivity index (χ3v) is 4.17. The van der Waals surface area contributed by atoms with Crippen molar-refractivity contribution in [3.05, 3.63) is 24.3 Å². The summed E-state index contributed by atoms with van der Waals surface area (Å²) in [6, 6.07) is 8.41. The molecule has 0 radical (unpaired) electrons. The van der Waals surface area contributed by atoms with E-state index in [0.717, 1.165) is 22.8 Å². The predicted octanol–water partition coefficient (Wildman–Crippen LogP) is 2.82. The molecule has 92 valence electrons. The molecule has 0 aliphatic heterocycles. The third-order valence-electron chi connectivity index (χ3n) is 2.47. The Morgan fingerprint density at radius 1 is 1.47 bits per heavy atom. The van der Waals surface area contributed by atoms with Gasteiger partial charge in [-0.1, -0.05) is 23.5 Å². The van der Waals surface area contributed by atoms with Gasteiger partial charge in [-0.05, 0) is 24.8 Å². The fourth-order valence-corrected chi connectivity index (χ4v) is 3.26. The molecule has 0 amide bonds. The first-order chi connectivity index (χ1) is 8.33. The fraction of sp³-hybridized carbons (Fsp3) is 0.417. The molecule has 0 saturated carbocycles. The van der Waals surface area contributed by atoms with Crippen LogP contribution in [0.1, 0.15) is 6.42 Å². The van der Waals surface area contributed by atoms with Gasteiger partial charge in [0.25, 0.3) is 0 Å². The first kappa shape index (κ1) is 12.7. The van der Waals surface area contributed by atoms with E-state index in [0.29, 0.717) is 0 Å². The quantitative estimate of drug-likeness (QED) is 0.845. The number of para-hydroxylation sites is 1. The Labute approximate surface area is 109 Å². The average Bonchev–Trinajstić information content (AvgIpc) is 2.71. The Morgan fingerprint density at radius 3 is 3.00 bits per heavy atom. The van der Waals surface area contributed by atoms with Gasteiger partial charge in [-0.25, -0.2) is 4.98 Å². The fourth-order valence-electron chi connectivity index (χ4n) is 1.66. The summed E-state index contributed by atoms with van der Waals surface area (Å²) < 4.78 is 1.20. The number of rotatable bonds is 6. The Kier molecular flexibility index (Phi) is 4.65. The number of aromatic nitrogens is 1. The zero-order valence-electron chi connectivity index (χ0n) is 9.72. The molecule has 0 saturated heterocycles. The summed E-state index contributed by atoms with van der Waals surface area (Å²) in [7, 11) is 0. The smallest absolute Gasteiger partial charge is 0.184 e. The van der Waals surface area contributed by atoms with Crippen molar-refractivity contribution in [3.8, 4) is 0 Å². The van der Waals surface area contributed by atoms with Gasteiger partial charge in [0.2, 0.25) is 0 Å². The van der Waals surface area contributed by atoms with Crippen LogP contribution in [-0.4, -0.2) is 34.7 Å². The summed E-state index contributed by atoms with van der Waals surface area (Å²) >= 11 is 3.44. The van der Waals surface area contributed by atoms with Crippen LogP contribution in [0.3, 0.4) is 0 Å². The lowest BCUT2D eigenvalue weighted by molar-refractivity contribution is 0.282. The van der Waals surface area contributed by atoms with Crippen LogP contribution in [0, 0.1) is 0 Å². The van der Waals surface area contributed by atoms with Gasteiger partial charge in [0.1, 0.15) is 0 Å². The molecule has 3 nitrogen and oxygen atoms in total. The van der Waals surface area contributed by atoms with E-state index in [-0.39, 0.29) is 12.6 Å². The second-order valence-corrected chi connectivity index (χ2v) is 5.74. The second-order valence-electron chi connectivity index (χ2n) is 3.80. The Bertz CT molecular complexity index is 433. The van der Waals surface area contributed by atoms with Crippen LogP contribution < -0.4 is 5.32 Å². The molecule has 0 bridgehead atoms. The van der Waals surface area contributed by atoms with Crippen molar-refractivity contribution >= 4 is 38.4 Å². The molecule has 0 spiro atoms. The number of thioether (sulfide) groups is 1. The number of benzene rings is 1. The van der Waals surface area contributed by atoms with E-state index in [1.165, 1.54) is 4.70 Å². The number of nitrogens with one attached hydrogen (secondary N) is 1. The molecule has 1 heterocycles. The highest BCUT2D eigenvalue weighted by Gasteiger charge is 2.10. The van der Waals surface area contributed by atoms with Gasteiger partial charge < -0.3 is 10.4 Å². The molecular weight excluding hydrogens is 252 g/mol. The molecule has 1 aromatic heterocycles. The molecule has 17 heavy (non-hydrogen) atoms. The summed E-state index contributed by atoms with van der Waals surface area (Å²) in [5.41, 5.74) is 1.03. The lowest BCUT2D eigenvalue weighted by Crippen LogP contribution is -2.23. The van der Waals surface area contributed by atoms with Crippen molar-refractivity contribution in [2.45, 2.75) is 12.5 Å². The summed E-state index contributed by atoms with van der Waals surface area (Å²) in [6.07, 6.45) is 2.83. The molecule has 2 aromatic rings. The number of aliphatic hydroxyl groups is 1. The van der Waals surface area contributed by atoms with E-state index in [2.05, 4.69) is 22.6 Å². The average molecular weight is 268 g/mol. The minimum atomic E-state index is 0.211. The summed E-state index contributed by atoms with van der Waals surface area (Å²) in [5.74, 6) is 0.983. The zero-order chi connectivity index (χ0) is 12.1. The molecule has 1 atom stereocenters. The van der Waals surface area contributed by atoms with Gasteiger partial charge in [0, 0.05) is 18.4 Å². The standard InChI is InChI=1S/C12H16N2OS2/c1-16-8-9(6-7-15)13-12-14-10-4-2-3-5-11(10)17-12/h2-5,9,15H,6-8H2,1H3,(H,13,14)/t9-/m1/s1. The lowest BCUT2D eigenvalue weighted by Gasteiger charge is -2.15. The van der Waals surface area contributed by atoms with Crippen LogP contribution in [-0.2, 0) is 0 Å². The van der Waals surface area contributed by atoms with E-state index in [1.54, 1.807) is 23.1 Å². The van der Waals surface area contributed by atoms with E-state index in [9.17, 15) is 0 Å². The minimum absolute atomic E-state index is 0.211. The maximum atomic E-state index is 9.01. The van der Waals surface area contributed by atoms with Gasteiger partial charge in [0.15, 0.2) is 5.13 Å². The number of hydrogen-bond donors (Lipinski definition) is 2. The van der Waals surface area contributed by atoms with Crippen molar-refractivity contribution in [2.75, 3.05) is 23.9 Å². The first-order valence-electron chi connectivity index (χ1n) is 5.55. The van der Waals surface area contributed by atoms with E-state index in [1.807, 2.05) is 18.2 Å². The minimum Gasteiger partial charge on any atom is -0.396 e. The number of thiazole rings is 1. The van der Waals surface area contributed by atoms with Gasteiger partial charge in [0.05, 0.1) is 10.2 Å². The molecule has 1 aromatic carbocycles. The molecular formula is C12H16N2OS2. The van der Waals surface area contributed by atoms with Gasteiger partial charge in [-0.3, -0.25) is 0 Å². The Hall–Kier alpha value is -0.780. The molecule has 0 unspecified atom stereocenters. The molecule has 0 aliphatic rings. The number of anilines is 1. The zero-order valence-corrected chi connectivity index (χ0v) is 11.4. The second kappa shape index (κ2) is 6.23. The van der Waals surface area contributed by atoms with E-state index < -0.39 is 0 Å². The van der Waals surface area contributed by atoms with Crippen LogP contribution >= 0.6 is 23.1 Å². The van der Waals surface area contributed by atoms with E-state index in [4.69, 9.17) is 5.11 Å². The Balaban J connectivity index is 2.10. The molecule has 2 N–H and O–H groups in total. The van der Waals surface area contributed by atoms with Crippen molar-refractivity contribution in [1.82, 2.24) is 4.98 Å². The maximum Gasteiger partial charge on any atom is 0.184 e. The predicted molar refractivity (Wildman–Crippen MR) is 77.1 cm³/mol. The van der Waals surface area contributed by atoms with Crippen LogP contribution in [0.15, 0.2) is 24.3 Å². The van der Waals surface area contributed by atoms with Crippen molar-refractivity contribution in [2.24, 2.45) is 0 Å². The number of fused-ring (bicyclic) bond motifs is 1. The van der Waals surface area contributed by atoms with Crippen LogP contribution in [0.2, 0.25) is 0 Å². The number of hydrogen-bond acceptors (Lipinski definition) is 5. The topological polar surface area (TPSA) is 45.1 Å². The Morgan fingerprint density at radius 2 is 2.29 bits per heavy atom. The van der Waals surface area contributed by atoms with Gasteiger partial charge >= 0.3 is 0 Å². The molecule has 0 fully saturated rings. The van der Waals surface area contributed by atoms with Crippen LogP contribution in [0.4, 0.5) is 5.13 Å². The van der Waals surface area contributed by atoms with Crippen molar-refractivity contribution < 1.29 is 5.11 Å². The molecule has 0 aliphatic carbocycles.